The molecule has 26 heavy (non-hydrogen) atoms. The van der Waals surface area contributed by atoms with Gasteiger partial charge in [-0.05, 0) is 62.3 Å². The average Bonchev–Trinajstić information content (AvgIpc) is 3.42. The molecule has 1 fully saturated rings. The average molecular weight is 380 g/mol. The first-order valence-corrected chi connectivity index (χ1v) is 10.7. The van der Waals surface area contributed by atoms with Crippen molar-refractivity contribution in [2.75, 3.05) is 23.7 Å². The number of esters is 1. The number of sulfonamides is 1. The molecule has 0 saturated heterocycles. The van der Waals surface area contributed by atoms with E-state index in [9.17, 15) is 18.0 Å². The highest BCUT2D eigenvalue weighted by atomic mass is 32.2. The predicted molar refractivity (Wildman–Crippen MR) is 97.6 cm³/mol. The lowest BCUT2D eigenvalue weighted by atomic mass is 10.0. The molecule has 8 heteroatoms. The van der Waals surface area contributed by atoms with Crippen molar-refractivity contribution in [2.45, 2.75) is 38.6 Å². The van der Waals surface area contributed by atoms with Crippen LogP contribution in [0, 0.1) is 5.92 Å². The molecule has 1 atom stereocenters. The van der Waals surface area contributed by atoms with E-state index >= 15 is 0 Å². The molecule has 0 bridgehead atoms. The van der Waals surface area contributed by atoms with Crippen LogP contribution in [0.2, 0.25) is 0 Å². The number of benzene rings is 1. The summed E-state index contributed by atoms with van der Waals surface area (Å²) in [5.74, 6) is -0.356. The first-order chi connectivity index (χ1) is 12.3. The Balaban J connectivity index is 1.62. The Labute approximate surface area is 153 Å². The summed E-state index contributed by atoms with van der Waals surface area (Å²) in [5, 5.41) is 2.83. The van der Waals surface area contributed by atoms with Crippen molar-refractivity contribution in [3.05, 3.63) is 29.3 Å². The van der Waals surface area contributed by atoms with E-state index in [0.29, 0.717) is 36.6 Å². The summed E-state index contributed by atoms with van der Waals surface area (Å²) in [4.78, 5) is 24.1. The SMILES string of the molecule is C[C@@H](NC(=O)COC(=O)c1ccc2c(c1)CCCN2S(C)(=O)=O)C1CC1. The first kappa shape index (κ1) is 18.7. The molecular formula is C18H24N2O5S. The lowest BCUT2D eigenvalue weighted by Gasteiger charge is -2.29. The Morgan fingerprint density at radius 1 is 1.35 bits per heavy atom. The molecule has 7 nitrogen and oxygen atoms in total. The van der Waals surface area contributed by atoms with Gasteiger partial charge in [0.1, 0.15) is 0 Å². The van der Waals surface area contributed by atoms with Gasteiger partial charge in [-0.15, -0.1) is 0 Å². The van der Waals surface area contributed by atoms with Gasteiger partial charge in [-0.1, -0.05) is 0 Å². The quantitative estimate of drug-likeness (QED) is 0.755. The number of hydrogen-bond acceptors (Lipinski definition) is 5. The number of nitrogens with zero attached hydrogens (tertiary/aromatic N) is 1. The first-order valence-electron chi connectivity index (χ1n) is 8.83. The van der Waals surface area contributed by atoms with Crippen molar-refractivity contribution < 1.29 is 22.7 Å². The number of carbonyl (C=O) groups is 2. The Morgan fingerprint density at radius 2 is 2.08 bits per heavy atom. The molecule has 3 rings (SSSR count). The predicted octanol–water partition coefficient (Wildman–Crippen LogP) is 1.47. The van der Waals surface area contributed by atoms with Crippen molar-refractivity contribution in [1.82, 2.24) is 5.32 Å². The standard InChI is InChI=1S/C18H24N2O5S/c1-12(13-5-6-13)19-17(21)11-25-18(22)15-7-8-16-14(10-15)4-3-9-20(16)26(2,23)24/h7-8,10,12-13H,3-6,9,11H2,1-2H3,(H,19,21)/t12-/m1/s1. The number of anilines is 1. The van der Waals surface area contributed by atoms with Gasteiger partial charge in [0.15, 0.2) is 6.61 Å². The van der Waals surface area contributed by atoms with Crippen LogP contribution in [0.4, 0.5) is 5.69 Å². The highest BCUT2D eigenvalue weighted by Gasteiger charge is 2.29. The fourth-order valence-electron chi connectivity index (χ4n) is 3.26. The van der Waals surface area contributed by atoms with Crippen LogP contribution in [0.15, 0.2) is 18.2 Å². The lowest BCUT2D eigenvalue weighted by Crippen LogP contribution is -2.37. The van der Waals surface area contributed by atoms with Crippen molar-refractivity contribution >= 4 is 27.6 Å². The number of rotatable bonds is 6. The van der Waals surface area contributed by atoms with Crippen molar-refractivity contribution in [3.63, 3.8) is 0 Å². The number of ether oxygens (including phenoxy) is 1. The third kappa shape index (κ3) is 4.35. The molecule has 142 valence electrons. The minimum absolute atomic E-state index is 0.104. The maximum absolute atomic E-state index is 12.2. The smallest absolute Gasteiger partial charge is 0.338 e. The summed E-state index contributed by atoms with van der Waals surface area (Å²) in [6, 6.07) is 4.92. The molecule has 1 aromatic carbocycles. The van der Waals surface area contributed by atoms with Crippen LogP contribution in [0.1, 0.15) is 42.1 Å². The number of fused-ring (bicyclic) bond motifs is 1. The molecule has 1 saturated carbocycles. The Kier molecular flexibility index (Phi) is 5.22. The molecule has 0 unspecified atom stereocenters. The molecule has 1 aromatic rings. The fourth-order valence-corrected chi connectivity index (χ4v) is 4.25. The molecule has 1 heterocycles. The molecule has 2 aliphatic rings. The number of hydrogen-bond donors (Lipinski definition) is 1. The minimum atomic E-state index is -3.34. The van der Waals surface area contributed by atoms with E-state index in [-0.39, 0.29) is 18.6 Å². The summed E-state index contributed by atoms with van der Waals surface area (Å²) in [6.45, 7) is 2.08. The van der Waals surface area contributed by atoms with Gasteiger partial charge in [0.2, 0.25) is 10.0 Å². The van der Waals surface area contributed by atoms with Crippen LogP contribution in [-0.4, -0.2) is 45.7 Å². The van der Waals surface area contributed by atoms with Crippen LogP contribution < -0.4 is 9.62 Å². The normalized spacial score (nSPS) is 18.0. The van der Waals surface area contributed by atoms with Gasteiger partial charge >= 0.3 is 5.97 Å². The van der Waals surface area contributed by atoms with Gasteiger partial charge in [0.25, 0.3) is 5.91 Å². The highest BCUT2D eigenvalue weighted by Crippen LogP contribution is 2.32. The van der Waals surface area contributed by atoms with E-state index in [1.54, 1.807) is 12.1 Å². The van der Waals surface area contributed by atoms with E-state index < -0.39 is 16.0 Å². The molecule has 1 aliphatic carbocycles. The molecule has 0 radical (unpaired) electrons. The summed E-state index contributed by atoms with van der Waals surface area (Å²) in [7, 11) is -3.34. The fraction of sp³-hybridized carbons (Fsp3) is 0.556. The molecule has 1 amide bonds. The largest absolute Gasteiger partial charge is 0.452 e. The molecule has 1 aliphatic heterocycles. The van der Waals surface area contributed by atoms with E-state index in [1.807, 2.05) is 6.92 Å². The summed E-state index contributed by atoms with van der Waals surface area (Å²) in [6.07, 6.45) is 4.81. The van der Waals surface area contributed by atoms with E-state index in [1.165, 1.54) is 16.6 Å². The second-order valence-electron chi connectivity index (χ2n) is 7.05. The van der Waals surface area contributed by atoms with Gasteiger partial charge in [-0.3, -0.25) is 9.10 Å². The lowest BCUT2D eigenvalue weighted by molar-refractivity contribution is -0.124. The third-order valence-electron chi connectivity index (χ3n) is 4.84. The zero-order chi connectivity index (χ0) is 18.9. The van der Waals surface area contributed by atoms with Crippen LogP contribution in [0.3, 0.4) is 0 Å². The van der Waals surface area contributed by atoms with E-state index in [0.717, 1.165) is 18.4 Å². The Bertz CT molecular complexity index is 817. The summed E-state index contributed by atoms with van der Waals surface area (Å²) < 4.78 is 30.2. The van der Waals surface area contributed by atoms with Crippen molar-refractivity contribution in [2.24, 2.45) is 5.92 Å². The molecule has 0 aromatic heterocycles. The maximum atomic E-state index is 12.2. The van der Waals surface area contributed by atoms with Crippen LogP contribution in [0.5, 0.6) is 0 Å². The maximum Gasteiger partial charge on any atom is 0.338 e. The third-order valence-corrected chi connectivity index (χ3v) is 6.02. The van der Waals surface area contributed by atoms with Gasteiger partial charge in [-0.2, -0.15) is 0 Å². The van der Waals surface area contributed by atoms with Crippen molar-refractivity contribution in [1.29, 1.82) is 0 Å². The van der Waals surface area contributed by atoms with Gasteiger partial charge in [0, 0.05) is 12.6 Å². The zero-order valence-corrected chi connectivity index (χ0v) is 15.8. The monoisotopic (exact) mass is 380 g/mol. The van der Waals surface area contributed by atoms with E-state index in [4.69, 9.17) is 4.74 Å². The minimum Gasteiger partial charge on any atom is -0.452 e. The second kappa shape index (κ2) is 7.26. The topological polar surface area (TPSA) is 92.8 Å². The number of carbonyl (C=O) groups excluding carboxylic acids is 2. The van der Waals surface area contributed by atoms with Gasteiger partial charge in [0.05, 0.1) is 17.5 Å². The Morgan fingerprint density at radius 3 is 2.73 bits per heavy atom. The van der Waals surface area contributed by atoms with Crippen LogP contribution in [0.25, 0.3) is 0 Å². The highest BCUT2D eigenvalue weighted by molar-refractivity contribution is 7.92. The van der Waals surface area contributed by atoms with E-state index in [2.05, 4.69) is 5.32 Å². The summed E-state index contributed by atoms with van der Waals surface area (Å²) in [5.41, 5.74) is 1.72. The number of aryl methyl sites for hydroxylation is 1. The van der Waals surface area contributed by atoms with Crippen molar-refractivity contribution in [3.8, 4) is 0 Å². The van der Waals surface area contributed by atoms with Gasteiger partial charge < -0.3 is 10.1 Å². The van der Waals surface area contributed by atoms with Crippen LogP contribution >= 0.6 is 0 Å². The summed E-state index contributed by atoms with van der Waals surface area (Å²) >= 11 is 0. The molecule has 0 spiro atoms. The molecular weight excluding hydrogens is 356 g/mol. The Hall–Kier alpha value is -2.09. The van der Waals surface area contributed by atoms with Gasteiger partial charge in [-0.25, -0.2) is 13.2 Å². The zero-order valence-electron chi connectivity index (χ0n) is 15.0. The van der Waals surface area contributed by atoms with Crippen LogP contribution in [-0.2, 0) is 26.0 Å². The second-order valence-corrected chi connectivity index (χ2v) is 8.96. The molecule has 1 N–H and O–H groups in total. The number of nitrogens with one attached hydrogen (secondary N) is 1. The number of amides is 1.